The largest absolute Gasteiger partial charge is 0.454 e. The second-order valence-electron chi connectivity index (χ2n) is 5.16. The molecule has 1 aliphatic heterocycles. The van der Waals surface area contributed by atoms with Gasteiger partial charge in [0.25, 0.3) is 0 Å². The lowest BCUT2D eigenvalue weighted by atomic mass is 10.1. The second kappa shape index (κ2) is 8.74. The Morgan fingerprint density at radius 3 is 2.67 bits per heavy atom. The maximum absolute atomic E-state index is 11.3. The Kier molecular flexibility index (Phi) is 6.68. The highest BCUT2D eigenvalue weighted by atomic mass is 32.2. The van der Waals surface area contributed by atoms with E-state index in [1.165, 1.54) is 0 Å². The molecule has 2 rings (SSSR count). The van der Waals surface area contributed by atoms with Crippen LogP contribution in [0, 0.1) is 0 Å². The van der Waals surface area contributed by atoms with Crippen LogP contribution in [0.25, 0.3) is 0 Å². The van der Waals surface area contributed by atoms with Gasteiger partial charge < -0.3 is 20.1 Å². The van der Waals surface area contributed by atoms with E-state index in [4.69, 9.17) is 9.47 Å². The third kappa shape index (κ3) is 5.57. The fourth-order valence-corrected chi connectivity index (χ4v) is 2.75. The molecule has 134 valence electrons. The van der Waals surface area contributed by atoms with Gasteiger partial charge in [0.05, 0.1) is 5.75 Å². The van der Waals surface area contributed by atoms with E-state index in [1.54, 1.807) is 14.0 Å². The number of sulfonamides is 1. The van der Waals surface area contributed by atoms with E-state index in [0.717, 1.165) is 23.5 Å². The first-order valence-electron chi connectivity index (χ1n) is 7.84. The number of guanidine groups is 1. The van der Waals surface area contributed by atoms with Gasteiger partial charge in [-0.25, -0.2) is 13.1 Å². The zero-order valence-electron chi connectivity index (χ0n) is 14.0. The van der Waals surface area contributed by atoms with Crippen molar-refractivity contribution in [2.75, 3.05) is 39.2 Å². The summed E-state index contributed by atoms with van der Waals surface area (Å²) in [5.41, 5.74) is 1.14. The van der Waals surface area contributed by atoms with Gasteiger partial charge in [-0.1, -0.05) is 6.07 Å². The van der Waals surface area contributed by atoms with Crippen LogP contribution in [0.1, 0.15) is 12.5 Å². The number of fused-ring (bicyclic) bond motifs is 1. The highest BCUT2D eigenvalue weighted by Crippen LogP contribution is 2.32. The molecule has 0 bridgehead atoms. The van der Waals surface area contributed by atoms with Crippen LogP contribution in [0.4, 0.5) is 0 Å². The standard InChI is InChI=1S/C15H24N4O4S/c1-3-24(20,21)19-9-8-18-15(16-2)17-7-6-12-4-5-13-14(10-12)23-11-22-13/h4-5,10,19H,3,6-9,11H2,1-2H3,(H2,16,17,18). The van der Waals surface area contributed by atoms with Crippen molar-refractivity contribution in [2.24, 2.45) is 4.99 Å². The lowest BCUT2D eigenvalue weighted by Crippen LogP contribution is -2.42. The van der Waals surface area contributed by atoms with Crippen molar-refractivity contribution < 1.29 is 17.9 Å². The van der Waals surface area contributed by atoms with Crippen molar-refractivity contribution in [3.05, 3.63) is 23.8 Å². The van der Waals surface area contributed by atoms with E-state index in [2.05, 4.69) is 20.3 Å². The number of hydrogen-bond acceptors (Lipinski definition) is 5. The van der Waals surface area contributed by atoms with Gasteiger partial charge in [-0.3, -0.25) is 4.99 Å². The van der Waals surface area contributed by atoms with Crippen LogP contribution < -0.4 is 24.8 Å². The Bertz CT molecular complexity index is 676. The Morgan fingerprint density at radius 1 is 1.17 bits per heavy atom. The van der Waals surface area contributed by atoms with Crippen molar-refractivity contribution in [1.29, 1.82) is 0 Å². The van der Waals surface area contributed by atoms with E-state index in [-0.39, 0.29) is 12.5 Å². The van der Waals surface area contributed by atoms with E-state index in [9.17, 15) is 8.42 Å². The van der Waals surface area contributed by atoms with Gasteiger partial charge in [-0.2, -0.15) is 0 Å². The lowest BCUT2D eigenvalue weighted by molar-refractivity contribution is 0.174. The van der Waals surface area contributed by atoms with Crippen LogP contribution in [-0.4, -0.2) is 53.6 Å². The van der Waals surface area contributed by atoms with Crippen LogP contribution in [0.2, 0.25) is 0 Å². The molecule has 0 saturated carbocycles. The van der Waals surface area contributed by atoms with Crippen molar-refractivity contribution in [3.8, 4) is 11.5 Å². The molecule has 0 saturated heterocycles. The average Bonchev–Trinajstić information content (AvgIpc) is 3.04. The molecular formula is C15H24N4O4S. The monoisotopic (exact) mass is 356 g/mol. The van der Waals surface area contributed by atoms with Crippen molar-refractivity contribution in [2.45, 2.75) is 13.3 Å². The highest BCUT2D eigenvalue weighted by molar-refractivity contribution is 7.89. The first kappa shape index (κ1) is 18.3. The molecule has 8 nitrogen and oxygen atoms in total. The Balaban J connectivity index is 1.68. The summed E-state index contributed by atoms with van der Waals surface area (Å²) >= 11 is 0. The number of benzene rings is 1. The molecular weight excluding hydrogens is 332 g/mol. The minimum Gasteiger partial charge on any atom is -0.454 e. The summed E-state index contributed by atoms with van der Waals surface area (Å²) < 4.78 is 35.8. The topological polar surface area (TPSA) is 101 Å². The van der Waals surface area contributed by atoms with Crippen molar-refractivity contribution >= 4 is 16.0 Å². The molecule has 0 atom stereocenters. The molecule has 9 heteroatoms. The summed E-state index contributed by atoms with van der Waals surface area (Å²) in [4.78, 5) is 4.10. The minimum atomic E-state index is -3.15. The third-order valence-electron chi connectivity index (χ3n) is 3.49. The number of rotatable bonds is 8. The quantitative estimate of drug-likeness (QED) is 0.346. The van der Waals surface area contributed by atoms with Crippen molar-refractivity contribution in [3.63, 3.8) is 0 Å². The van der Waals surface area contributed by atoms with Crippen molar-refractivity contribution in [1.82, 2.24) is 15.4 Å². The predicted molar refractivity (Wildman–Crippen MR) is 93.1 cm³/mol. The SMILES string of the molecule is CCS(=O)(=O)NCCNC(=NC)NCCc1ccc2c(c1)OCO2. The summed E-state index contributed by atoms with van der Waals surface area (Å²) in [5.74, 6) is 2.26. The number of nitrogens with zero attached hydrogens (tertiary/aromatic N) is 1. The number of nitrogens with one attached hydrogen (secondary N) is 3. The third-order valence-corrected chi connectivity index (χ3v) is 4.89. The van der Waals surface area contributed by atoms with E-state index in [1.807, 2.05) is 18.2 Å². The lowest BCUT2D eigenvalue weighted by Gasteiger charge is -2.12. The first-order valence-corrected chi connectivity index (χ1v) is 9.49. The van der Waals surface area contributed by atoms with Crippen LogP contribution >= 0.6 is 0 Å². The Morgan fingerprint density at radius 2 is 1.92 bits per heavy atom. The molecule has 1 aromatic carbocycles. The van der Waals surface area contributed by atoms with E-state index in [0.29, 0.717) is 25.6 Å². The van der Waals surface area contributed by atoms with Crippen LogP contribution in [0.5, 0.6) is 11.5 Å². The van der Waals surface area contributed by atoms with Crippen LogP contribution in [0.15, 0.2) is 23.2 Å². The second-order valence-corrected chi connectivity index (χ2v) is 7.26. The van der Waals surface area contributed by atoms with Gasteiger partial charge in [-0.15, -0.1) is 0 Å². The Hall–Kier alpha value is -2.00. The smallest absolute Gasteiger partial charge is 0.231 e. The molecule has 0 aromatic heterocycles. The molecule has 0 fully saturated rings. The normalized spacial score (nSPS) is 13.8. The molecule has 1 aromatic rings. The first-order chi connectivity index (χ1) is 11.5. The molecule has 0 radical (unpaired) electrons. The van der Waals surface area contributed by atoms with E-state index < -0.39 is 10.0 Å². The molecule has 0 unspecified atom stereocenters. The summed E-state index contributed by atoms with van der Waals surface area (Å²) in [5, 5.41) is 6.25. The summed E-state index contributed by atoms with van der Waals surface area (Å²) in [7, 11) is -1.48. The van der Waals surface area contributed by atoms with Gasteiger partial charge in [0.15, 0.2) is 17.5 Å². The summed E-state index contributed by atoms with van der Waals surface area (Å²) in [6.45, 7) is 3.35. The molecule has 3 N–H and O–H groups in total. The summed E-state index contributed by atoms with van der Waals surface area (Å²) in [6.07, 6.45) is 0.805. The molecule has 0 aliphatic carbocycles. The maximum atomic E-state index is 11.3. The van der Waals surface area contributed by atoms with Crippen LogP contribution in [0.3, 0.4) is 0 Å². The maximum Gasteiger partial charge on any atom is 0.231 e. The van der Waals surface area contributed by atoms with Gasteiger partial charge >= 0.3 is 0 Å². The summed E-state index contributed by atoms with van der Waals surface area (Å²) in [6, 6.07) is 5.88. The van der Waals surface area contributed by atoms with Crippen LogP contribution in [-0.2, 0) is 16.4 Å². The average molecular weight is 356 g/mol. The molecule has 1 heterocycles. The molecule has 0 spiro atoms. The van der Waals surface area contributed by atoms with E-state index >= 15 is 0 Å². The fraction of sp³-hybridized carbons (Fsp3) is 0.533. The predicted octanol–water partition coefficient (Wildman–Crippen LogP) is 0.0621. The van der Waals surface area contributed by atoms with Gasteiger partial charge in [0, 0.05) is 26.7 Å². The van der Waals surface area contributed by atoms with Gasteiger partial charge in [-0.05, 0) is 31.0 Å². The molecule has 0 amide bonds. The van der Waals surface area contributed by atoms with Gasteiger partial charge in [0.2, 0.25) is 16.8 Å². The van der Waals surface area contributed by atoms with Gasteiger partial charge in [0.1, 0.15) is 0 Å². The zero-order chi connectivity index (χ0) is 17.4. The number of ether oxygens (including phenoxy) is 2. The molecule has 1 aliphatic rings. The zero-order valence-corrected chi connectivity index (χ0v) is 14.8. The highest BCUT2D eigenvalue weighted by Gasteiger charge is 2.13. The number of hydrogen-bond donors (Lipinski definition) is 3. The number of aliphatic imine (C=N–C) groups is 1. The molecule has 24 heavy (non-hydrogen) atoms. The Labute approximate surface area is 142 Å². The minimum absolute atomic E-state index is 0.0789. The fourth-order valence-electron chi connectivity index (χ4n) is 2.13.